The minimum atomic E-state index is -3.78. The van der Waals surface area contributed by atoms with Crippen LogP contribution in [0.2, 0.25) is 0 Å². The number of alkyl halides is 1. The standard InChI is InChI=1S/C12H18O6S.C10H20O5.C6H12O3.C6H10O3.C5H13NO3.C5H12O4.C5H12O3S.C5H10O2.C5H8O.C4H9ClO2.HIS.HI.H3N/c1-11-3-5-12(6-4-11)19(13,14)18-10-17-9-16-8-7-15-2;1-11-6-7-12-8-13-9-15-10-4-2-3-5-14-10;2*7-5-9-6-3-1-2-4-8-6;2*1-7-2-3-8-5-9-4-6;1-6-2-3-7-4-8-5-9;6-5-3-1-2-4-7-5;1-2-4-6-5-3-1;1-6-2-3-7-4-5;1-2;;/h3-6H,7-10H2,1-2H3;10H,2-9H2,1H3;6-7H,1-5H2;5-6H,1-4H2;2-6H2,1H3;6H,2-5H2,1H3;9H,2-5H2,1H3;5-6H,1-4H2;2,4H,1,3,5H2;2-4H2,1H3;2H;1H;1H3. The molecule has 1 aromatic rings. The van der Waals surface area contributed by atoms with Crippen molar-refractivity contribution in [3.05, 3.63) is 42.2 Å². The Morgan fingerprint density at radius 1 is 0.524 bits per heavy atom. The molecular weight excluding hydrogens is 1680 g/mol. The number of benzene rings is 1. The molecule has 5 heterocycles. The zero-order valence-electron chi connectivity index (χ0n) is 61.7. The molecule has 4 unspecified atom stereocenters. The number of hydrogen-bond acceptors (Lipinski definition) is 36. The minimum absolute atomic E-state index is 0. The number of carbonyl (C=O) groups excluding carboxylic acids is 1. The first-order chi connectivity index (χ1) is 49.4. The van der Waals surface area contributed by atoms with Gasteiger partial charge in [0, 0.05) is 68.9 Å². The van der Waals surface area contributed by atoms with E-state index in [1.54, 1.807) is 61.1 Å². The molecule has 1 aromatic carbocycles. The van der Waals surface area contributed by atoms with Gasteiger partial charge in [-0.05, 0) is 130 Å². The Morgan fingerprint density at radius 2 is 0.942 bits per heavy atom. The number of aryl methyl sites for hydroxylation is 1. The van der Waals surface area contributed by atoms with Crippen LogP contribution in [0.5, 0.6) is 0 Å². The molecule has 622 valence electrons. The largest absolute Gasteiger partial charge is 0.502 e. The molecule has 0 saturated carbocycles. The molecule has 6 rings (SSSR count). The summed E-state index contributed by atoms with van der Waals surface area (Å²) in [4.78, 5) is 9.87. The fraction of sp³-hybridized carbons (Fsp3) is 0.857. The molecule has 34 nitrogen and oxygen atoms in total. The smallest absolute Gasteiger partial charge is 0.299 e. The van der Waals surface area contributed by atoms with E-state index in [1.165, 1.54) is 25.0 Å². The van der Waals surface area contributed by atoms with E-state index in [0.717, 1.165) is 116 Å². The first-order valence-corrected chi connectivity index (χ1v) is 38.5. The Morgan fingerprint density at radius 3 is 1.27 bits per heavy atom. The first kappa shape index (κ1) is 116. The topological polar surface area (TPSA) is 413 Å². The van der Waals surface area contributed by atoms with Crippen molar-refractivity contribution in [1.82, 2.24) is 6.15 Å². The number of allylic oxidation sites excluding steroid dienone is 1. The maximum Gasteiger partial charge on any atom is 0.299 e. The monoisotopic (exact) mass is 1810 g/mol. The summed E-state index contributed by atoms with van der Waals surface area (Å²) >= 11 is 10.8. The lowest BCUT2D eigenvalue weighted by Gasteiger charge is -2.22. The van der Waals surface area contributed by atoms with Crippen LogP contribution in [-0.2, 0) is 138 Å². The second kappa shape index (κ2) is 104. The number of nitrogens with two attached hydrogens (primary N) is 1. The quantitative estimate of drug-likeness (QED) is 0.00620. The van der Waals surface area contributed by atoms with Gasteiger partial charge in [-0.1, -0.05) is 29.3 Å². The second-order valence-electron chi connectivity index (χ2n) is 19.5. The summed E-state index contributed by atoms with van der Waals surface area (Å²) in [6.07, 6.45) is 17.7. The van der Waals surface area contributed by atoms with Crippen LogP contribution in [0.15, 0.2) is 41.5 Å². The molecule has 4 atom stereocenters. The van der Waals surface area contributed by atoms with E-state index in [-0.39, 0.29) is 121 Å². The lowest BCUT2D eigenvalue weighted by molar-refractivity contribution is -0.227. The maximum atomic E-state index is 11.7. The summed E-state index contributed by atoms with van der Waals surface area (Å²) in [6.45, 7) is 13.1. The molecule has 0 aromatic heterocycles. The van der Waals surface area contributed by atoms with Crippen molar-refractivity contribution < 1.29 is 151 Å². The van der Waals surface area contributed by atoms with Crippen LogP contribution in [0.1, 0.15) is 95.5 Å². The van der Waals surface area contributed by atoms with Gasteiger partial charge in [-0.25, -0.2) is 4.18 Å². The molecule has 5 aliphatic rings. The zero-order chi connectivity index (χ0) is 75.7. The summed E-state index contributed by atoms with van der Waals surface area (Å²) < 4.78 is 150. The highest BCUT2D eigenvalue weighted by atomic mass is 127. The minimum Gasteiger partial charge on any atom is -0.502 e. The molecule has 4 fully saturated rings. The number of hydrogen-bond donors (Lipinski definition) is 7. The Kier molecular flexibility index (Phi) is 116. The molecule has 0 bridgehead atoms. The third-order valence-corrected chi connectivity index (χ3v) is 13.2. The van der Waals surface area contributed by atoms with Gasteiger partial charge >= 0.3 is 0 Å². The average molecular weight is 1810 g/mol. The Hall–Kier alpha value is -0.530. The predicted molar refractivity (Wildman–Crippen MR) is 407 cm³/mol. The van der Waals surface area contributed by atoms with E-state index in [0.29, 0.717) is 98.5 Å². The molecule has 0 radical (unpaired) electrons. The van der Waals surface area contributed by atoms with Crippen molar-refractivity contribution in [3.8, 4) is 0 Å². The van der Waals surface area contributed by atoms with Crippen molar-refractivity contribution >= 4 is 95.8 Å². The zero-order valence-corrected chi connectivity index (χ0v) is 69.5. The van der Waals surface area contributed by atoms with E-state index in [1.807, 2.05) is 34.2 Å². The molecule has 40 heteroatoms. The van der Waals surface area contributed by atoms with E-state index >= 15 is 0 Å². The highest BCUT2D eigenvalue weighted by molar-refractivity contribution is 14.2. The number of methoxy groups -OCH3 is 6. The third kappa shape index (κ3) is 99.5. The van der Waals surface area contributed by atoms with Gasteiger partial charge in [-0.2, -0.15) is 21.0 Å². The van der Waals surface area contributed by atoms with Crippen molar-refractivity contribution in [2.24, 2.45) is 5.73 Å². The summed E-state index contributed by atoms with van der Waals surface area (Å²) in [5.41, 5.74) is 5.98. The van der Waals surface area contributed by atoms with Crippen molar-refractivity contribution in [3.63, 3.8) is 0 Å². The van der Waals surface area contributed by atoms with Crippen LogP contribution in [0, 0.1) is 6.92 Å². The maximum absolute atomic E-state index is 11.7. The lowest BCUT2D eigenvalue weighted by atomic mass is 10.2. The first-order valence-electron chi connectivity index (χ1n) is 32.7. The number of aliphatic hydroxyl groups is 3. The summed E-state index contributed by atoms with van der Waals surface area (Å²) in [7, 11) is 9.37. The van der Waals surface area contributed by atoms with Crippen LogP contribution < -0.4 is 11.9 Å². The summed E-state index contributed by atoms with van der Waals surface area (Å²) in [6, 6.07) is 6.62. The van der Waals surface area contributed by atoms with E-state index in [4.69, 9.17) is 132 Å². The number of aliphatic hydroxyl groups excluding tert-OH is 3. The van der Waals surface area contributed by atoms with Crippen LogP contribution in [0.4, 0.5) is 0 Å². The normalized spacial score (nSPS) is 16.9. The predicted octanol–water partition coefficient (Wildman–Crippen LogP) is 7.92. The van der Waals surface area contributed by atoms with Crippen LogP contribution in [0.25, 0.3) is 0 Å². The van der Waals surface area contributed by atoms with Gasteiger partial charge in [-0.3, -0.25) is 4.79 Å². The van der Waals surface area contributed by atoms with Gasteiger partial charge in [-0.15, -0.1) is 33.8 Å². The van der Waals surface area contributed by atoms with Crippen LogP contribution in [0.3, 0.4) is 0 Å². The van der Waals surface area contributed by atoms with E-state index < -0.39 is 16.4 Å². The fourth-order valence-electron chi connectivity index (χ4n) is 6.54. The van der Waals surface area contributed by atoms with Crippen molar-refractivity contribution in [2.75, 3.05) is 235 Å². The molecule has 8 N–H and O–H groups in total. The van der Waals surface area contributed by atoms with Gasteiger partial charge < -0.3 is 146 Å². The Balaban J connectivity index is -0.000000202. The highest BCUT2D eigenvalue weighted by Gasteiger charge is 2.17. The highest BCUT2D eigenvalue weighted by Crippen LogP contribution is 2.16. The number of thiol groups is 2. The van der Waals surface area contributed by atoms with Gasteiger partial charge in [0.25, 0.3) is 16.6 Å². The van der Waals surface area contributed by atoms with Crippen molar-refractivity contribution in [2.45, 2.75) is 127 Å². The number of halogens is 3. The molecule has 0 spiro atoms. The molecular formula is C63H129ClI2N2O32S3. The lowest BCUT2D eigenvalue weighted by Crippen LogP contribution is -2.23. The second-order valence-corrected chi connectivity index (χ2v) is 21.6. The molecule has 4 saturated heterocycles. The number of ether oxygens (including phenoxy) is 25. The molecule has 103 heavy (non-hydrogen) atoms. The Bertz CT molecular complexity index is 1740. The molecule has 0 amide bonds. The third-order valence-electron chi connectivity index (χ3n) is 11.6. The van der Waals surface area contributed by atoms with Gasteiger partial charge in [0.15, 0.2) is 32.5 Å². The fourth-order valence-corrected chi connectivity index (χ4v) is 7.53. The van der Waals surface area contributed by atoms with Crippen LogP contribution in [-0.4, -0.2) is 290 Å². The SMILES string of the molecule is C1=COCCC1.COCCOCCl.COCCOCOCN.COCCOCOCO.COCCOCOCOC1CCCCO1.COCCOCOCOS(=O)(=O)c1ccc(C)cc1.COCCOCOCS.I.N.O=COC1CCCCO1.OC1CCCCO1.OCOC1CCCCO1.SI. The van der Waals surface area contributed by atoms with E-state index in [2.05, 4.69) is 46.1 Å². The van der Waals surface area contributed by atoms with E-state index in [9.17, 15) is 13.2 Å². The van der Waals surface area contributed by atoms with Crippen molar-refractivity contribution in [1.29, 1.82) is 0 Å². The average Bonchev–Trinajstić information content (AvgIpc) is 0.851. The number of carbonyl (C=O) groups is 1. The van der Waals surface area contributed by atoms with Gasteiger partial charge in [0.1, 0.15) is 53.6 Å². The van der Waals surface area contributed by atoms with Gasteiger partial charge in [0.05, 0.1) is 116 Å². The van der Waals surface area contributed by atoms with Gasteiger partial charge in [0.2, 0.25) is 6.29 Å². The molecule has 5 aliphatic heterocycles. The molecule has 0 aliphatic carbocycles. The Labute approximate surface area is 658 Å². The van der Waals surface area contributed by atoms with Crippen LogP contribution >= 0.6 is 79.2 Å². The summed E-state index contributed by atoms with van der Waals surface area (Å²) in [5, 5.41) is 25.1. The number of rotatable bonds is 43. The summed E-state index contributed by atoms with van der Waals surface area (Å²) in [5.74, 6) is 0.396.